The summed E-state index contributed by atoms with van der Waals surface area (Å²) in [5.41, 5.74) is 2.06. The molecule has 0 spiro atoms. The van der Waals surface area contributed by atoms with Crippen LogP contribution < -0.4 is 5.43 Å². The first-order valence-electron chi connectivity index (χ1n) is 5.75. The molecule has 0 saturated carbocycles. The molecule has 1 aromatic heterocycles. The van der Waals surface area contributed by atoms with E-state index in [-0.39, 0.29) is 20.9 Å². The number of aromatic nitrogens is 1. The minimum Gasteiger partial charge on any atom is -0.274 e. The Morgan fingerprint density at radius 3 is 2.32 bits per heavy atom. The van der Waals surface area contributed by atoms with Crippen molar-refractivity contribution >= 4 is 45.7 Å². The first kappa shape index (κ1) is 16.9. The summed E-state index contributed by atoms with van der Waals surface area (Å²) < 4.78 is 37.9. The van der Waals surface area contributed by atoms with Crippen molar-refractivity contribution in [3.63, 3.8) is 0 Å². The highest BCUT2D eigenvalue weighted by atomic mass is 35.5. The highest BCUT2D eigenvalue weighted by molar-refractivity contribution is 6.69. The molecule has 3 nitrogen and oxygen atoms in total. The van der Waals surface area contributed by atoms with Gasteiger partial charge in [-0.1, -0.05) is 34.8 Å². The molecule has 0 bridgehead atoms. The third kappa shape index (κ3) is 4.03. The predicted octanol–water partition coefficient (Wildman–Crippen LogP) is 5.42. The summed E-state index contributed by atoms with van der Waals surface area (Å²) in [6.07, 6.45) is -1.50. The minimum absolute atomic E-state index is 0.0263. The van der Waals surface area contributed by atoms with Crippen LogP contribution in [0.2, 0.25) is 10.0 Å². The van der Waals surface area contributed by atoms with E-state index in [1.54, 1.807) is 18.3 Å². The Balaban J connectivity index is 2.27. The van der Waals surface area contributed by atoms with Crippen molar-refractivity contribution < 1.29 is 13.2 Å². The van der Waals surface area contributed by atoms with Gasteiger partial charge in [0.25, 0.3) is 0 Å². The summed E-state index contributed by atoms with van der Waals surface area (Å²) in [4.78, 5) is 3.86. The lowest BCUT2D eigenvalue weighted by molar-refractivity contribution is -0.137. The zero-order valence-corrected chi connectivity index (χ0v) is 12.9. The molecule has 0 aliphatic carbocycles. The molecule has 0 atom stereocenters. The molecule has 116 valence electrons. The van der Waals surface area contributed by atoms with E-state index in [0.717, 1.165) is 12.1 Å². The van der Waals surface area contributed by atoms with Gasteiger partial charge >= 0.3 is 6.18 Å². The second kappa shape index (κ2) is 6.73. The van der Waals surface area contributed by atoms with E-state index in [1.165, 1.54) is 6.20 Å². The van der Waals surface area contributed by atoms with Crippen LogP contribution in [-0.2, 0) is 6.18 Å². The molecule has 0 aliphatic heterocycles. The monoisotopic (exact) mass is 367 g/mol. The van der Waals surface area contributed by atoms with Gasteiger partial charge in [0.2, 0.25) is 0 Å². The average Bonchev–Trinajstić information content (AvgIpc) is 2.46. The fraction of sp³-hybridized carbons (Fsp3) is 0.0769. The molecule has 0 amide bonds. The third-order valence-electron chi connectivity index (χ3n) is 2.54. The van der Waals surface area contributed by atoms with Gasteiger partial charge in [-0.3, -0.25) is 10.4 Å². The summed E-state index contributed by atoms with van der Waals surface area (Å²) in [6.45, 7) is 0. The second-order valence-corrected chi connectivity index (χ2v) is 5.24. The predicted molar refractivity (Wildman–Crippen MR) is 81.7 cm³/mol. The average molecular weight is 369 g/mol. The number of hydrazone groups is 1. The van der Waals surface area contributed by atoms with Gasteiger partial charge in [0.05, 0.1) is 21.3 Å². The van der Waals surface area contributed by atoms with Crippen molar-refractivity contribution in [3.8, 4) is 0 Å². The van der Waals surface area contributed by atoms with Gasteiger partial charge in [-0.15, -0.1) is 0 Å². The summed E-state index contributed by atoms with van der Waals surface area (Å²) in [5.74, 6) is 0. The van der Waals surface area contributed by atoms with Gasteiger partial charge in [-0.2, -0.15) is 18.3 Å². The molecule has 1 N–H and O–H groups in total. The lowest BCUT2D eigenvalue weighted by Gasteiger charge is -2.11. The fourth-order valence-electron chi connectivity index (χ4n) is 1.50. The second-order valence-electron chi connectivity index (χ2n) is 4.07. The van der Waals surface area contributed by atoms with Crippen molar-refractivity contribution in [2.45, 2.75) is 6.18 Å². The molecule has 1 heterocycles. The molecule has 0 radical (unpaired) electrons. The Hall–Kier alpha value is -1.50. The van der Waals surface area contributed by atoms with Gasteiger partial charge < -0.3 is 0 Å². The number of pyridine rings is 1. The molecule has 22 heavy (non-hydrogen) atoms. The standard InChI is InChI=1S/C13H7Cl3F3N3/c14-9-4-8(13(17,18)19)5-10(15)11(9)21-22-12(16)7-2-1-3-20-6-7/h1-6,21H. The minimum atomic E-state index is -4.54. The molecule has 9 heteroatoms. The van der Waals surface area contributed by atoms with Crippen molar-refractivity contribution in [3.05, 3.63) is 57.8 Å². The number of rotatable bonds is 3. The number of nitrogens with zero attached hydrogens (tertiary/aromatic N) is 2. The van der Waals surface area contributed by atoms with Crippen LogP contribution in [0.3, 0.4) is 0 Å². The first-order valence-corrected chi connectivity index (χ1v) is 6.88. The van der Waals surface area contributed by atoms with Crippen molar-refractivity contribution in [2.75, 3.05) is 5.43 Å². The van der Waals surface area contributed by atoms with E-state index in [0.29, 0.717) is 5.56 Å². The Morgan fingerprint density at radius 1 is 1.18 bits per heavy atom. The lowest BCUT2D eigenvalue weighted by Crippen LogP contribution is -2.06. The van der Waals surface area contributed by atoms with Crippen LogP contribution in [0.1, 0.15) is 11.1 Å². The summed E-state index contributed by atoms with van der Waals surface area (Å²) >= 11 is 17.5. The number of anilines is 1. The van der Waals surface area contributed by atoms with Gasteiger partial charge in [-0.25, -0.2) is 0 Å². The van der Waals surface area contributed by atoms with E-state index in [4.69, 9.17) is 34.8 Å². The zero-order valence-electron chi connectivity index (χ0n) is 10.6. The first-order chi connectivity index (χ1) is 10.3. The van der Waals surface area contributed by atoms with Crippen LogP contribution in [-0.4, -0.2) is 10.2 Å². The molecule has 0 fully saturated rings. The highest BCUT2D eigenvalue weighted by Crippen LogP contribution is 2.38. The molecule has 0 aliphatic rings. The third-order valence-corrected chi connectivity index (χ3v) is 3.43. The molecule has 0 unspecified atom stereocenters. The van der Waals surface area contributed by atoms with Gasteiger partial charge in [-0.05, 0) is 24.3 Å². The van der Waals surface area contributed by atoms with Crippen LogP contribution >= 0.6 is 34.8 Å². The van der Waals surface area contributed by atoms with Gasteiger partial charge in [0.15, 0.2) is 5.17 Å². The lowest BCUT2D eigenvalue weighted by atomic mass is 10.2. The Bertz CT molecular complexity index is 680. The van der Waals surface area contributed by atoms with Crippen molar-refractivity contribution in [1.29, 1.82) is 0 Å². The van der Waals surface area contributed by atoms with E-state index >= 15 is 0 Å². The number of benzene rings is 1. The summed E-state index contributed by atoms with van der Waals surface area (Å²) in [5, 5.41) is 3.43. The molecule has 2 rings (SSSR count). The van der Waals surface area contributed by atoms with Crippen molar-refractivity contribution in [1.82, 2.24) is 4.98 Å². The number of halogens is 6. The maximum atomic E-state index is 12.6. The number of nitrogens with one attached hydrogen (secondary N) is 1. The largest absolute Gasteiger partial charge is 0.416 e. The van der Waals surface area contributed by atoms with Crippen LogP contribution in [0.25, 0.3) is 0 Å². The Morgan fingerprint density at radius 2 is 1.82 bits per heavy atom. The molecule has 2 aromatic rings. The fourth-order valence-corrected chi connectivity index (χ4v) is 2.22. The van der Waals surface area contributed by atoms with E-state index < -0.39 is 11.7 Å². The SMILES string of the molecule is FC(F)(F)c1cc(Cl)c(NN=C(Cl)c2cccnc2)c(Cl)c1. The molecular weight excluding hydrogens is 362 g/mol. The number of alkyl halides is 3. The topological polar surface area (TPSA) is 37.3 Å². The van der Waals surface area contributed by atoms with Crippen LogP contribution in [0, 0.1) is 0 Å². The summed E-state index contributed by atoms with van der Waals surface area (Å²) in [7, 11) is 0. The van der Waals surface area contributed by atoms with E-state index in [1.807, 2.05) is 0 Å². The van der Waals surface area contributed by atoms with Crippen LogP contribution in [0.15, 0.2) is 41.8 Å². The van der Waals surface area contributed by atoms with Gasteiger partial charge in [0.1, 0.15) is 0 Å². The molecule has 0 saturated heterocycles. The normalized spacial score (nSPS) is 12.4. The van der Waals surface area contributed by atoms with Crippen molar-refractivity contribution in [2.24, 2.45) is 5.10 Å². The van der Waals surface area contributed by atoms with E-state index in [2.05, 4.69) is 15.5 Å². The number of hydrogen-bond donors (Lipinski definition) is 1. The van der Waals surface area contributed by atoms with Gasteiger partial charge in [0, 0.05) is 18.0 Å². The quantitative estimate of drug-likeness (QED) is 0.580. The summed E-state index contributed by atoms with van der Waals surface area (Å²) in [6, 6.07) is 4.83. The zero-order chi connectivity index (χ0) is 16.3. The van der Waals surface area contributed by atoms with Crippen LogP contribution in [0.4, 0.5) is 18.9 Å². The maximum Gasteiger partial charge on any atom is 0.416 e. The Labute approximate surface area is 138 Å². The number of hydrogen-bond acceptors (Lipinski definition) is 3. The maximum absolute atomic E-state index is 12.6. The van der Waals surface area contributed by atoms with E-state index in [9.17, 15) is 13.2 Å². The highest BCUT2D eigenvalue weighted by Gasteiger charge is 2.32. The molecule has 1 aromatic carbocycles. The smallest absolute Gasteiger partial charge is 0.274 e. The Kier molecular flexibility index (Phi) is 5.16. The van der Waals surface area contributed by atoms with Crippen LogP contribution in [0.5, 0.6) is 0 Å². The molecular formula is C13H7Cl3F3N3.